The highest BCUT2D eigenvalue weighted by atomic mass is 16.6. The first-order valence-electron chi connectivity index (χ1n) is 10.8. The minimum Gasteiger partial charge on any atom is -0.462 e. The second-order valence-electron chi connectivity index (χ2n) is 7.81. The maximum Gasteiger partial charge on any atom is 0.340 e. The average molecular weight is 434 g/mol. The summed E-state index contributed by atoms with van der Waals surface area (Å²) in [5.41, 5.74) is 3.74. The molecule has 0 amide bonds. The van der Waals surface area contributed by atoms with Crippen molar-refractivity contribution < 1.29 is 14.5 Å². The van der Waals surface area contributed by atoms with Crippen LogP contribution in [-0.2, 0) is 11.3 Å². The summed E-state index contributed by atoms with van der Waals surface area (Å²) < 4.78 is 5.33. The van der Waals surface area contributed by atoms with E-state index in [4.69, 9.17) is 9.72 Å². The number of hydrogen-bond acceptors (Lipinski definition) is 7. The Kier molecular flexibility index (Phi) is 6.32. The highest BCUT2D eigenvalue weighted by Crippen LogP contribution is 2.29. The first-order chi connectivity index (χ1) is 15.5. The molecule has 0 N–H and O–H groups in total. The molecule has 1 saturated heterocycles. The monoisotopic (exact) mass is 434 g/mol. The number of carbonyl (C=O) groups excluding carboxylic acids is 1. The van der Waals surface area contributed by atoms with Gasteiger partial charge >= 0.3 is 5.97 Å². The van der Waals surface area contributed by atoms with Crippen molar-refractivity contribution in [3.63, 3.8) is 0 Å². The fourth-order valence-electron chi connectivity index (χ4n) is 4.27. The molecule has 4 rings (SSSR count). The number of rotatable bonds is 6. The summed E-state index contributed by atoms with van der Waals surface area (Å²) in [6.45, 7) is 7.29. The van der Waals surface area contributed by atoms with Crippen molar-refractivity contribution in [2.24, 2.45) is 0 Å². The molecule has 32 heavy (non-hydrogen) atoms. The number of nitro groups is 1. The van der Waals surface area contributed by atoms with Crippen molar-refractivity contribution in [1.29, 1.82) is 0 Å². The zero-order valence-electron chi connectivity index (χ0n) is 18.3. The van der Waals surface area contributed by atoms with Crippen LogP contribution in [0.3, 0.4) is 0 Å². The third-order valence-electron chi connectivity index (χ3n) is 5.87. The van der Waals surface area contributed by atoms with Gasteiger partial charge < -0.3 is 9.64 Å². The zero-order chi connectivity index (χ0) is 22.7. The van der Waals surface area contributed by atoms with E-state index >= 15 is 0 Å². The summed E-state index contributed by atoms with van der Waals surface area (Å²) >= 11 is 0. The van der Waals surface area contributed by atoms with Crippen molar-refractivity contribution in [3.8, 4) is 0 Å². The zero-order valence-corrected chi connectivity index (χ0v) is 18.3. The quantitative estimate of drug-likeness (QED) is 0.330. The van der Waals surface area contributed by atoms with Gasteiger partial charge in [0.1, 0.15) is 5.69 Å². The predicted molar refractivity (Wildman–Crippen MR) is 123 cm³/mol. The molecular weight excluding hydrogens is 408 g/mol. The largest absolute Gasteiger partial charge is 0.462 e. The van der Waals surface area contributed by atoms with Crippen LogP contribution in [0.15, 0.2) is 48.5 Å². The Morgan fingerprint density at radius 3 is 2.50 bits per heavy atom. The van der Waals surface area contributed by atoms with Gasteiger partial charge in [0, 0.05) is 44.2 Å². The molecule has 3 aromatic rings. The third-order valence-corrected chi connectivity index (χ3v) is 5.87. The molecule has 2 heterocycles. The van der Waals surface area contributed by atoms with Crippen LogP contribution < -0.4 is 4.90 Å². The van der Waals surface area contributed by atoms with E-state index in [1.807, 2.05) is 42.2 Å². The molecule has 0 spiro atoms. The topological polar surface area (TPSA) is 88.8 Å². The fourth-order valence-corrected chi connectivity index (χ4v) is 4.27. The molecule has 1 aromatic heterocycles. The summed E-state index contributed by atoms with van der Waals surface area (Å²) in [7, 11) is 0. The van der Waals surface area contributed by atoms with Gasteiger partial charge in [-0.15, -0.1) is 0 Å². The molecule has 8 nitrogen and oxygen atoms in total. The Morgan fingerprint density at radius 1 is 1.09 bits per heavy atom. The SMILES string of the molecule is CCOC(=O)c1c(CN2CCN(c3ccccc3[N+](=O)[O-])CC2)nc2ccccc2c1C. The summed E-state index contributed by atoms with van der Waals surface area (Å²) in [5.74, 6) is -0.350. The van der Waals surface area contributed by atoms with E-state index in [-0.39, 0.29) is 16.6 Å². The molecule has 0 aliphatic carbocycles. The number of anilines is 1. The molecule has 0 radical (unpaired) electrons. The Labute approximate surface area is 186 Å². The van der Waals surface area contributed by atoms with Crippen LogP contribution in [-0.4, -0.2) is 53.6 Å². The number of aromatic nitrogens is 1. The highest BCUT2D eigenvalue weighted by Gasteiger charge is 2.26. The predicted octanol–water partition coefficient (Wildman–Crippen LogP) is 3.95. The summed E-state index contributed by atoms with van der Waals surface area (Å²) in [5, 5.41) is 12.3. The molecule has 166 valence electrons. The Hall–Kier alpha value is -3.52. The molecule has 8 heteroatoms. The summed E-state index contributed by atoms with van der Waals surface area (Å²) in [6, 6.07) is 14.6. The van der Waals surface area contributed by atoms with Crippen LogP contribution in [0.2, 0.25) is 0 Å². The van der Waals surface area contributed by atoms with Crippen molar-refractivity contribution in [1.82, 2.24) is 9.88 Å². The van der Waals surface area contributed by atoms with Crippen molar-refractivity contribution in [2.75, 3.05) is 37.7 Å². The van der Waals surface area contributed by atoms with Crippen LogP contribution in [0, 0.1) is 17.0 Å². The first-order valence-corrected chi connectivity index (χ1v) is 10.8. The fraction of sp³-hybridized carbons (Fsp3) is 0.333. The van der Waals surface area contributed by atoms with Gasteiger partial charge in [0.05, 0.1) is 28.3 Å². The van der Waals surface area contributed by atoms with Gasteiger partial charge in [0.15, 0.2) is 0 Å². The minimum absolute atomic E-state index is 0.123. The number of hydrogen-bond donors (Lipinski definition) is 0. The van der Waals surface area contributed by atoms with Gasteiger partial charge in [-0.25, -0.2) is 4.79 Å². The molecule has 0 bridgehead atoms. The van der Waals surface area contributed by atoms with Crippen molar-refractivity contribution >= 4 is 28.2 Å². The van der Waals surface area contributed by atoms with Gasteiger partial charge in [-0.1, -0.05) is 30.3 Å². The van der Waals surface area contributed by atoms with E-state index in [1.54, 1.807) is 19.1 Å². The van der Waals surface area contributed by atoms with Crippen molar-refractivity contribution in [3.05, 3.63) is 75.5 Å². The second kappa shape index (κ2) is 9.32. The van der Waals surface area contributed by atoms with Crippen LogP contribution >= 0.6 is 0 Å². The Bertz CT molecular complexity index is 1160. The van der Waals surface area contributed by atoms with Gasteiger partial charge in [-0.3, -0.25) is 20.0 Å². The van der Waals surface area contributed by atoms with Gasteiger partial charge in [0.25, 0.3) is 5.69 Å². The number of carbonyl (C=O) groups is 1. The third kappa shape index (κ3) is 4.27. The standard InChI is InChI=1S/C24H26N4O4/c1-3-32-24(29)23-17(2)18-8-4-5-9-19(18)25-20(23)16-26-12-14-27(15-13-26)21-10-6-7-11-22(21)28(30)31/h4-11H,3,12-16H2,1-2H3. The molecule has 1 aliphatic rings. The first kappa shape index (κ1) is 21.7. The number of nitro benzene ring substituents is 1. The number of benzene rings is 2. The van der Waals surface area contributed by atoms with E-state index in [0.717, 1.165) is 16.5 Å². The number of piperazine rings is 1. The molecule has 1 aliphatic heterocycles. The number of fused-ring (bicyclic) bond motifs is 1. The normalized spacial score (nSPS) is 14.5. The maximum absolute atomic E-state index is 12.8. The summed E-state index contributed by atoms with van der Waals surface area (Å²) in [6.07, 6.45) is 0. The average Bonchev–Trinajstić information content (AvgIpc) is 2.80. The van der Waals surface area contributed by atoms with Gasteiger partial charge in [-0.2, -0.15) is 0 Å². The Balaban J connectivity index is 1.57. The molecule has 1 fully saturated rings. The lowest BCUT2D eigenvalue weighted by Gasteiger charge is -2.35. The highest BCUT2D eigenvalue weighted by molar-refractivity contribution is 5.98. The molecule has 0 saturated carbocycles. The van der Waals surface area contributed by atoms with Crippen LogP contribution in [0.5, 0.6) is 0 Å². The van der Waals surface area contributed by atoms with Gasteiger partial charge in [0.2, 0.25) is 0 Å². The molecule has 0 unspecified atom stereocenters. The van der Waals surface area contributed by atoms with E-state index in [1.165, 1.54) is 6.07 Å². The minimum atomic E-state index is -0.350. The van der Waals surface area contributed by atoms with Crippen LogP contribution in [0.1, 0.15) is 28.5 Å². The number of pyridine rings is 1. The number of aryl methyl sites for hydroxylation is 1. The van der Waals surface area contributed by atoms with E-state index < -0.39 is 0 Å². The Morgan fingerprint density at radius 2 is 1.78 bits per heavy atom. The molecule has 0 atom stereocenters. The number of ether oxygens (including phenoxy) is 1. The smallest absolute Gasteiger partial charge is 0.340 e. The molecular formula is C24H26N4O4. The number of para-hydroxylation sites is 3. The van der Waals surface area contributed by atoms with E-state index in [9.17, 15) is 14.9 Å². The lowest BCUT2D eigenvalue weighted by molar-refractivity contribution is -0.384. The van der Waals surface area contributed by atoms with Gasteiger partial charge in [-0.05, 0) is 31.5 Å². The lowest BCUT2D eigenvalue weighted by Crippen LogP contribution is -2.46. The second-order valence-corrected chi connectivity index (χ2v) is 7.81. The number of esters is 1. The van der Waals surface area contributed by atoms with Crippen LogP contribution in [0.25, 0.3) is 10.9 Å². The lowest BCUT2D eigenvalue weighted by atomic mass is 10.0. The van der Waals surface area contributed by atoms with Crippen LogP contribution in [0.4, 0.5) is 11.4 Å². The number of nitrogens with zero attached hydrogens (tertiary/aromatic N) is 4. The summed E-state index contributed by atoms with van der Waals surface area (Å²) in [4.78, 5) is 32.9. The molecule has 2 aromatic carbocycles. The van der Waals surface area contributed by atoms with Crippen molar-refractivity contribution in [2.45, 2.75) is 20.4 Å². The maximum atomic E-state index is 12.8. The van der Waals surface area contributed by atoms with E-state index in [0.29, 0.717) is 56.3 Å². The van der Waals surface area contributed by atoms with E-state index in [2.05, 4.69) is 4.90 Å².